The Hall–Kier alpha value is -2.38. The fourth-order valence-corrected chi connectivity index (χ4v) is 3.82. The van der Waals surface area contributed by atoms with Gasteiger partial charge >= 0.3 is 0 Å². The SMILES string of the molecule is CCCN1C(=O)c2cccnc2Sc2cc(C(=O)NCCOC)ccc21. The van der Waals surface area contributed by atoms with Crippen molar-refractivity contribution in [3.63, 3.8) is 0 Å². The molecule has 6 nitrogen and oxygen atoms in total. The zero-order valence-electron chi connectivity index (χ0n) is 14.8. The van der Waals surface area contributed by atoms with Crippen LogP contribution in [-0.4, -0.2) is 43.6 Å². The third-order valence-corrected chi connectivity index (χ3v) is 5.07. The van der Waals surface area contributed by atoms with E-state index in [-0.39, 0.29) is 11.8 Å². The van der Waals surface area contributed by atoms with Gasteiger partial charge in [-0.2, -0.15) is 0 Å². The Labute approximate surface area is 156 Å². The molecular weight excluding hydrogens is 350 g/mol. The van der Waals surface area contributed by atoms with Crippen molar-refractivity contribution in [2.24, 2.45) is 0 Å². The molecule has 1 aliphatic rings. The topological polar surface area (TPSA) is 71.5 Å². The number of nitrogens with one attached hydrogen (secondary N) is 1. The van der Waals surface area contributed by atoms with Crippen LogP contribution in [0.4, 0.5) is 5.69 Å². The van der Waals surface area contributed by atoms with Crippen LogP contribution in [-0.2, 0) is 4.74 Å². The maximum Gasteiger partial charge on any atom is 0.261 e. The minimum absolute atomic E-state index is 0.0569. The van der Waals surface area contributed by atoms with Gasteiger partial charge < -0.3 is 15.0 Å². The van der Waals surface area contributed by atoms with Gasteiger partial charge in [-0.05, 0) is 36.8 Å². The summed E-state index contributed by atoms with van der Waals surface area (Å²) < 4.78 is 4.96. The number of fused-ring (bicyclic) bond motifs is 2. The van der Waals surface area contributed by atoms with Crippen molar-refractivity contribution in [2.45, 2.75) is 23.3 Å². The number of aromatic nitrogens is 1. The van der Waals surface area contributed by atoms with E-state index in [1.54, 1.807) is 36.4 Å². The minimum Gasteiger partial charge on any atom is -0.383 e. The number of pyridine rings is 1. The molecule has 0 unspecified atom stereocenters. The largest absolute Gasteiger partial charge is 0.383 e. The van der Waals surface area contributed by atoms with E-state index in [1.165, 1.54) is 11.8 Å². The second kappa shape index (κ2) is 8.33. The first-order chi connectivity index (χ1) is 12.7. The molecule has 0 fully saturated rings. The number of methoxy groups -OCH3 is 1. The van der Waals surface area contributed by atoms with Crippen LogP contribution in [0.25, 0.3) is 0 Å². The lowest BCUT2D eigenvalue weighted by molar-refractivity contribution is 0.0936. The first-order valence-electron chi connectivity index (χ1n) is 8.51. The number of carbonyl (C=O) groups is 2. The molecule has 0 bridgehead atoms. The molecular formula is C19H21N3O3S. The molecule has 0 atom stereocenters. The summed E-state index contributed by atoms with van der Waals surface area (Å²) in [6.07, 6.45) is 2.51. The standard InChI is InChI=1S/C19H21N3O3S/c1-3-10-22-15-7-6-13(17(23)20-9-11-25-2)12-16(15)26-18-14(19(22)24)5-4-8-21-18/h4-8,12H,3,9-11H2,1-2H3,(H,20,23). The predicted molar refractivity (Wildman–Crippen MR) is 101 cm³/mol. The summed E-state index contributed by atoms with van der Waals surface area (Å²) in [7, 11) is 1.59. The second-order valence-electron chi connectivity index (χ2n) is 5.85. The summed E-state index contributed by atoms with van der Waals surface area (Å²) in [6, 6.07) is 8.98. The third kappa shape index (κ3) is 3.73. The molecule has 0 radical (unpaired) electrons. The van der Waals surface area contributed by atoms with Crippen LogP contribution in [0.3, 0.4) is 0 Å². The summed E-state index contributed by atoms with van der Waals surface area (Å²) in [4.78, 5) is 32.3. The van der Waals surface area contributed by atoms with Gasteiger partial charge in [0.2, 0.25) is 0 Å². The fourth-order valence-electron chi connectivity index (χ4n) is 2.77. The molecule has 0 spiro atoms. The van der Waals surface area contributed by atoms with Crippen molar-refractivity contribution in [2.75, 3.05) is 31.7 Å². The number of nitrogens with zero attached hydrogens (tertiary/aromatic N) is 2. The summed E-state index contributed by atoms with van der Waals surface area (Å²) in [6.45, 7) is 3.55. The predicted octanol–water partition coefficient (Wildman–Crippen LogP) is 2.98. The average Bonchev–Trinajstić information content (AvgIpc) is 2.77. The number of rotatable bonds is 6. The number of amides is 2. The highest BCUT2D eigenvalue weighted by molar-refractivity contribution is 7.99. The van der Waals surface area contributed by atoms with Crippen molar-refractivity contribution in [1.82, 2.24) is 10.3 Å². The quantitative estimate of drug-likeness (QED) is 0.791. The van der Waals surface area contributed by atoms with E-state index in [9.17, 15) is 9.59 Å². The lowest BCUT2D eigenvalue weighted by Crippen LogP contribution is -2.32. The number of carbonyl (C=O) groups excluding carboxylic acids is 2. The van der Waals surface area contributed by atoms with E-state index in [4.69, 9.17) is 4.74 Å². The molecule has 0 saturated carbocycles. The molecule has 2 heterocycles. The minimum atomic E-state index is -0.163. The fraction of sp³-hybridized carbons (Fsp3) is 0.316. The molecule has 136 valence electrons. The third-order valence-electron chi connectivity index (χ3n) is 4.01. The van der Waals surface area contributed by atoms with Gasteiger partial charge in [-0.15, -0.1) is 0 Å². The van der Waals surface area contributed by atoms with Crippen LogP contribution in [0.5, 0.6) is 0 Å². The average molecular weight is 371 g/mol. The van der Waals surface area contributed by atoms with Crippen molar-refractivity contribution in [3.8, 4) is 0 Å². The maximum atomic E-state index is 13.0. The Morgan fingerprint density at radius 2 is 2.19 bits per heavy atom. The van der Waals surface area contributed by atoms with Gasteiger partial charge in [0.25, 0.3) is 11.8 Å². The first kappa shape index (κ1) is 18.4. The van der Waals surface area contributed by atoms with Crippen molar-refractivity contribution in [3.05, 3.63) is 47.7 Å². The summed E-state index contributed by atoms with van der Waals surface area (Å²) in [5.74, 6) is -0.220. The van der Waals surface area contributed by atoms with Crippen LogP contribution in [0.15, 0.2) is 46.5 Å². The van der Waals surface area contributed by atoms with Crippen LogP contribution >= 0.6 is 11.8 Å². The highest BCUT2D eigenvalue weighted by Crippen LogP contribution is 2.40. The van der Waals surface area contributed by atoms with E-state index in [0.29, 0.717) is 35.8 Å². The smallest absolute Gasteiger partial charge is 0.261 e. The molecule has 1 aliphatic heterocycles. The number of anilines is 1. The summed E-state index contributed by atoms with van der Waals surface area (Å²) in [5.41, 5.74) is 1.96. The van der Waals surface area contributed by atoms with Crippen LogP contribution < -0.4 is 10.2 Å². The van der Waals surface area contributed by atoms with E-state index >= 15 is 0 Å². The Kier molecular flexibility index (Phi) is 5.90. The number of benzene rings is 1. The Balaban J connectivity index is 1.98. The van der Waals surface area contributed by atoms with E-state index in [2.05, 4.69) is 10.3 Å². The summed E-state index contributed by atoms with van der Waals surface area (Å²) in [5, 5.41) is 3.48. The van der Waals surface area contributed by atoms with E-state index in [1.807, 2.05) is 19.1 Å². The van der Waals surface area contributed by atoms with Gasteiger partial charge in [-0.1, -0.05) is 18.7 Å². The molecule has 0 aliphatic carbocycles. The molecule has 26 heavy (non-hydrogen) atoms. The normalized spacial score (nSPS) is 13.0. The van der Waals surface area contributed by atoms with Crippen molar-refractivity contribution >= 4 is 29.3 Å². The van der Waals surface area contributed by atoms with Gasteiger partial charge in [0, 0.05) is 36.9 Å². The van der Waals surface area contributed by atoms with Crippen LogP contribution in [0.2, 0.25) is 0 Å². The molecule has 1 N–H and O–H groups in total. The lowest BCUT2D eigenvalue weighted by atomic mass is 10.1. The van der Waals surface area contributed by atoms with Crippen molar-refractivity contribution < 1.29 is 14.3 Å². The van der Waals surface area contributed by atoms with Gasteiger partial charge in [0.1, 0.15) is 5.03 Å². The Bertz CT molecular complexity index is 825. The van der Waals surface area contributed by atoms with Gasteiger partial charge in [0.15, 0.2) is 0 Å². The second-order valence-corrected chi connectivity index (χ2v) is 6.88. The Morgan fingerprint density at radius 1 is 1.35 bits per heavy atom. The summed E-state index contributed by atoms with van der Waals surface area (Å²) >= 11 is 1.42. The van der Waals surface area contributed by atoms with Crippen LogP contribution in [0, 0.1) is 0 Å². The highest BCUT2D eigenvalue weighted by atomic mass is 32.2. The van der Waals surface area contributed by atoms with Crippen molar-refractivity contribution in [1.29, 1.82) is 0 Å². The molecule has 7 heteroatoms. The zero-order chi connectivity index (χ0) is 18.5. The monoisotopic (exact) mass is 371 g/mol. The van der Waals surface area contributed by atoms with Gasteiger partial charge in [-0.3, -0.25) is 9.59 Å². The highest BCUT2D eigenvalue weighted by Gasteiger charge is 2.28. The number of ether oxygens (including phenoxy) is 1. The van der Waals surface area contributed by atoms with Gasteiger partial charge in [-0.25, -0.2) is 4.98 Å². The number of hydrogen-bond acceptors (Lipinski definition) is 5. The molecule has 3 rings (SSSR count). The Morgan fingerprint density at radius 3 is 2.96 bits per heavy atom. The molecule has 2 aromatic rings. The van der Waals surface area contributed by atoms with Gasteiger partial charge in [0.05, 0.1) is 17.9 Å². The molecule has 1 aromatic carbocycles. The van der Waals surface area contributed by atoms with E-state index < -0.39 is 0 Å². The number of hydrogen-bond donors (Lipinski definition) is 1. The first-order valence-corrected chi connectivity index (χ1v) is 9.33. The maximum absolute atomic E-state index is 13.0. The zero-order valence-corrected chi connectivity index (χ0v) is 15.6. The molecule has 0 saturated heterocycles. The molecule has 2 amide bonds. The molecule has 1 aromatic heterocycles. The van der Waals surface area contributed by atoms with E-state index in [0.717, 1.165) is 17.0 Å². The van der Waals surface area contributed by atoms with Crippen LogP contribution in [0.1, 0.15) is 34.1 Å². The lowest BCUT2D eigenvalue weighted by Gasteiger charge is -2.22.